The molecule has 1 aliphatic rings. The van der Waals surface area contributed by atoms with Gasteiger partial charge in [0.2, 0.25) is 0 Å². The molecule has 176 valence electrons. The van der Waals surface area contributed by atoms with E-state index in [1.807, 2.05) is 55.5 Å². The van der Waals surface area contributed by atoms with Gasteiger partial charge in [0.05, 0.1) is 4.47 Å². The van der Waals surface area contributed by atoms with Crippen LogP contribution in [0.4, 0.5) is 4.79 Å². The van der Waals surface area contributed by atoms with E-state index < -0.39 is 18.1 Å². The zero-order valence-corrected chi connectivity index (χ0v) is 21.7. The van der Waals surface area contributed by atoms with Crippen LogP contribution in [-0.2, 0) is 16.0 Å². The molecular formula is C26H23Br2NO5. The molecule has 34 heavy (non-hydrogen) atoms. The van der Waals surface area contributed by atoms with Gasteiger partial charge in [-0.1, -0.05) is 64.5 Å². The molecule has 3 N–H and O–H groups in total. The first-order valence-corrected chi connectivity index (χ1v) is 12.3. The first-order chi connectivity index (χ1) is 16.2. The van der Waals surface area contributed by atoms with Crippen LogP contribution in [0.15, 0.2) is 57.5 Å². The second-order valence-electron chi connectivity index (χ2n) is 8.27. The summed E-state index contributed by atoms with van der Waals surface area (Å²) in [4.78, 5) is 24.5. The largest absolute Gasteiger partial charge is 0.506 e. The third-order valence-corrected chi connectivity index (χ3v) is 8.44. The number of ether oxygens (including phenoxy) is 1. The first kappa shape index (κ1) is 24.3. The number of carbonyl (C=O) groups is 2. The second kappa shape index (κ2) is 9.80. The van der Waals surface area contributed by atoms with Crippen molar-refractivity contribution in [1.29, 1.82) is 0 Å². The Bertz CT molecular complexity index is 1220. The van der Waals surface area contributed by atoms with E-state index in [0.717, 1.165) is 32.3 Å². The Morgan fingerprint density at radius 1 is 0.971 bits per heavy atom. The number of carboxylic acid groups (broad SMARTS) is 1. The van der Waals surface area contributed by atoms with E-state index in [-0.39, 0.29) is 24.7 Å². The summed E-state index contributed by atoms with van der Waals surface area (Å²) < 4.78 is 6.73. The summed E-state index contributed by atoms with van der Waals surface area (Å²) >= 11 is 6.82. The van der Waals surface area contributed by atoms with Crippen LogP contribution in [0.5, 0.6) is 5.75 Å². The van der Waals surface area contributed by atoms with Crippen molar-refractivity contribution in [1.82, 2.24) is 5.32 Å². The number of fused-ring (bicyclic) bond motifs is 3. The minimum absolute atomic E-state index is 0.0428. The number of hydrogen-bond acceptors (Lipinski definition) is 4. The standard InChI is InChI=1S/C26H23Br2NO5/c1-13-19(24(30)23(28)14(2)22(13)27)11-21(25(31)32)29-26(33)34-12-20-17-9-5-3-7-15(17)16-8-4-6-10-18(16)20/h3-10,20-21,30H,11-12H2,1-2H3,(H,29,33)(H,31,32). The Morgan fingerprint density at radius 2 is 1.53 bits per heavy atom. The lowest BCUT2D eigenvalue weighted by atomic mass is 9.98. The summed E-state index contributed by atoms with van der Waals surface area (Å²) in [5, 5.41) is 22.7. The smallest absolute Gasteiger partial charge is 0.407 e. The SMILES string of the molecule is Cc1c(Br)c(C)c(CC(NC(=O)OCC2c3ccccc3-c3ccccc32)C(=O)O)c(O)c1Br. The van der Waals surface area contributed by atoms with E-state index in [1.165, 1.54) is 0 Å². The molecule has 0 aromatic heterocycles. The summed E-state index contributed by atoms with van der Waals surface area (Å²) in [6.07, 6.45) is -0.925. The number of alkyl carbamates (subject to hydrolysis) is 1. The lowest BCUT2D eigenvalue weighted by Gasteiger charge is -2.20. The minimum Gasteiger partial charge on any atom is -0.506 e. The number of carbonyl (C=O) groups excluding carboxylic acids is 1. The maximum absolute atomic E-state index is 12.6. The Hall–Kier alpha value is -2.84. The molecule has 0 aliphatic heterocycles. The lowest BCUT2D eigenvalue weighted by molar-refractivity contribution is -0.139. The van der Waals surface area contributed by atoms with Gasteiger partial charge in [0.1, 0.15) is 18.4 Å². The number of carboxylic acids is 1. The predicted molar refractivity (Wildman–Crippen MR) is 136 cm³/mol. The average Bonchev–Trinajstić information content (AvgIpc) is 3.15. The number of phenols is 1. The van der Waals surface area contributed by atoms with Crippen LogP contribution in [0.2, 0.25) is 0 Å². The van der Waals surface area contributed by atoms with E-state index in [9.17, 15) is 19.8 Å². The van der Waals surface area contributed by atoms with Gasteiger partial charge in [-0.15, -0.1) is 0 Å². The zero-order chi connectivity index (χ0) is 24.6. The van der Waals surface area contributed by atoms with Gasteiger partial charge >= 0.3 is 12.1 Å². The second-order valence-corrected chi connectivity index (χ2v) is 9.86. The van der Waals surface area contributed by atoms with Crippen LogP contribution in [0.1, 0.15) is 33.7 Å². The number of rotatable bonds is 6. The van der Waals surface area contributed by atoms with Gasteiger partial charge in [0.15, 0.2) is 0 Å². The van der Waals surface area contributed by atoms with Crippen molar-refractivity contribution in [2.45, 2.75) is 32.2 Å². The number of aromatic hydroxyl groups is 1. The molecule has 0 fully saturated rings. The Kier molecular flexibility index (Phi) is 7.00. The van der Waals surface area contributed by atoms with Crippen molar-refractivity contribution < 1.29 is 24.5 Å². The van der Waals surface area contributed by atoms with E-state index in [1.54, 1.807) is 6.92 Å². The highest BCUT2D eigenvalue weighted by Gasteiger charge is 2.30. The molecule has 0 heterocycles. The van der Waals surface area contributed by atoms with Crippen LogP contribution in [0, 0.1) is 13.8 Å². The van der Waals surface area contributed by atoms with Crippen molar-refractivity contribution in [3.8, 4) is 16.9 Å². The fourth-order valence-electron chi connectivity index (χ4n) is 4.43. The maximum atomic E-state index is 12.6. The molecule has 0 spiro atoms. The van der Waals surface area contributed by atoms with Gasteiger partial charge in [-0.25, -0.2) is 9.59 Å². The van der Waals surface area contributed by atoms with Crippen molar-refractivity contribution in [3.05, 3.63) is 85.3 Å². The normalized spacial score (nSPS) is 13.2. The number of hydrogen-bond donors (Lipinski definition) is 3. The molecule has 1 unspecified atom stereocenters. The quantitative estimate of drug-likeness (QED) is 0.325. The first-order valence-electron chi connectivity index (χ1n) is 10.7. The average molecular weight is 589 g/mol. The highest BCUT2D eigenvalue weighted by atomic mass is 79.9. The van der Waals surface area contributed by atoms with Gasteiger partial charge in [0, 0.05) is 22.4 Å². The van der Waals surface area contributed by atoms with E-state index in [0.29, 0.717) is 15.6 Å². The Morgan fingerprint density at radius 3 is 2.09 bits per heavy atom. The third-order valence-electron chi connectivity index (χ3n) is 6.28. The molecule has 4 rings (SSSR count). The van der Waals surface area contributed by atoms with E-state index in [2.05, 4.69) is 37.2 Å². The molecule has 8 heteroatoms. The van der Waals surface area contributed by atoms with Crippen LogP contribution >= 0.6 is 31.9 Å². The fraction of sp³-hybridized carbons (Fsp3) is 0.231. The number of nitrogens with one attached hydrogen (secondary N) is 1. The minimum atomic E-state index is -1.28. The maximum Gasteiger partial charge on any atom is 0.407 e. The third kappa shape index (κ3) is 4.44. The number of phenolic OH excluding ortho intramolecular Hbond substituents is 1. The Labute approximate surface area is 214 Å². The summed E-state index contributed by atoms with van der Waals surface area (Å²) in [7, 11) is 0. The van der Waals surface area contributed by atoms with Crippen molar-refractivity contribution in [2.24, 2.45) is 0 Å². The molecule has 3 aromatic carbocycles. The topological polar surface area (TPSA) is 95.9 Å². The number of halogens is 2. The zero-order valence-electron chi connectivity index (χ0n) is 18.6. The van der Waals surface area contributed by atoms with Crippen LogP contribution in [0.3, 0.4) is 0 Å². The van der Waals surface area contributed by atoms with Crippen molar-refractivity contribution in [3.63, 3.8) is 0 Å². The van der Waals surface area contributed by atoms with E-state index in [4.69, 9.17) is 4.74 Å². The summed E-state index contributed by atoms with van der Waals surface area (Å²) in [6, 6.07) is 14.7. The van der Waals surface area contributed by atoms with Gasteiger partial charge in [-0.3, -0.25) is 0 Å². The monoisotopic (exact) mass is 587 g/mol. The number of aliphatic carboxylic acids is 1. The highest BCUT2D eigenvalue weighted by molar-refractivity contribution is 9.11. The molecule has 1 amide bonds. The van der Waals surface area contributed by atoms with Gasteiger partial charge < -0.3 is 20.3 Å². The molecule has 1 aliphatic carbocycles. The predicted octanol–water partition coefficient (Wildman–Crippen LogP) is 6.07. The molecular weight excluding hydrogens is 566 g/mol. The van der Waals surface area contributed by atoms with Crippen LogP contribution < -0.4 is 5.32 Å². The molecule has 0 radical (unpaired) electrons. The number of benzene rings is 3. The molecule has 1 atom stereocenters. The van der Waals surface area contributed by atoms with Gasteiger partial charge in [-0.05, 0) is 63.2 Å². The molecule has 0 saturated carbocycles. The van der Waals surface area contributed by atoms with E-state index >= 15 is 0 Å². The lowest BCUT2D eigenvalue weighted by Crippen LogP contribution is -2.43. The van der Waals surface area contributed by atoms with Crippen molar-refractivity contribution in [2.75, 3.05) is 6.61 Å². The summed E-state index contributed by atoms with van der Waals surface area (Å²) in [5.41, 5.74) is 6.29. The Balaban J connectivity index is 1.49. The van der Waals surface area contributed by atoms with Crippen LogP contribution in [-0.4, -0.2) is 34.9 Å². The number of amides is 1. The molecule has 3 aromatic rings. The highest BCUT2D eigenvalue weighted by Crippen LogP contribution is 2.44. The molecule has 0 saturated heterocycles. The summed E-state index contributed by atoms with van der Waals surface area (Å²) in [5.74, 6) is -1.39. The molecule has 6 nitrogen and oxygen atoms in total. The van der Waals surface area contributed by atoms with Crippen molar-refractivity contribution >= 4 is 43.9 Å². The summed E-state index contributed by atoms with van der Waals surface area (Å²) in [6.45, 7) is 3.69. The van der Waals surface area contributed by atoms with Gasteiger partial charge in [-0.2, -0.15) is 0 Å². The van der Waals surface area contributed by atoms with Gasteiger partial charge in [0.25, 0.3) is 0 Å². The van der Waals surface area contributed by atoms with Crippen LogP contribution in [0.25, 0.3) is 11.1 Å². The fourth-order valence-corrected chi connectivity index (χ4v) is 5.58. The molecule has 0 bridgehead atoms.